The third-order valence-electron chi connectivity index (χ3n) is 3.45. The zero-order chi connectivity index (χ0) is 14.1. The Morgan fingerprint density at radius 2 is 1.90 bits per heavy atom. The van der Waals surface area contributed by atoms with Gasteiger partial charge in [0.1, 0.15) is 18.2 Å². The van der Waals surface area contributed by atoms with Crippen LogP contribution in [0.15, 0.2) is 48.0 Å². The number of benzene rings is 2. The Kier molecular flexibility index (Phi) is 3.49. The van der Waals surface area contributed by atoms with E-state index >= 15 is 0 Å². The molecule has 0 radical (unpaired) electrons. The summed E-state index contributed by atoms with van der Waals surface area (Å²) in [4.78, 5) is 0. The van der Waals surface area contributed by atoms with Crippen LogP contribution in [-0.2, 0) is 0 Å². The Labute approximate surface area is 122 Å². The lowest BCUT2D eigenvalue weighted by atomic mass is 9.90. The second kappa shape index (κ2) is 5.29. The molecule has 102 valence electrons. The number of hydrogen-bond acceptors (Lipinski definition) is 1. The molecule has 0 atom stereocenters. The quantitative estimate of drug-likeness (QED) is 0.736. The van der Waals surface area contributed by atoms with Crippen LogP contribution in [0.5, 0.6) is 5.75 Å². The predicted octanol–water partition coefficient (Wildman–Crippen LogP) is 4.57. The third kappa shape index (κ3) is 2.32. The van der Waals surface area contributed by atoms with E-state index in [1.165, 1.54) is 12.1 Å². The first-order valence-electron chi connectivity index (χ1n) is 6.47. The Bertz CT molecular complexity index is 674. The molecule has 1 aliphatic heterocycles. The second-order valence-corrected chi connectivity index (χ2v) is 5.17. The molecular weight excluding hydrogens is 275 g/mol. The largest absolute Gasteiger partial charge is 0.489 e. The molecule has 0 bridgehead atoms. The monoisotopic (exact) mass is 288 g/mol. The van der Waals surface area contributed by atoms with Crippen LogP contribution < -0.4 is 4.74 Å². The molecule has 0 spiro atoms. The van der Waals surface area contributed by atoms with Crippen molar-refractivity contribution in [3.05, 3.63) is 70.5 Å². The molecule has 3 rings (SSSR count). The van der Waals surface area contributed by atoms with E-state index in [1.807, 2.05) is 19.1 Å². The predicted molar refractivity (Wildman–Crippen MR) is 79.8 cm³/mol. The van der Waals surface area contributed by atoms with Crippen molar-refractivity contribution in [2.24, 2.45) is 0 Å². The molecule has 2 aromatic carbocycles. The maximum atomic E-state index is 13.1. The standard InChI is InChI=1S/C17H14ClFO/c1-11-2-7-16-15(8-11)17(13(9-18)10-20-16)12-3-5-14(19)6-4-12/h2-8H,9-10H2,1H3. The number of hydrogen-bond donors (Lipinski definition) is 0. The van der Waals surface area contributed by atoms with Gasteiger partial charge in [-0.3, -0.25) is 0 Å². The first-order valence-corrected chi connectivity index (χ1v) is 7.00. The Morgan fingerprint density at radius 3 is 2.60 bits per heavy atom. The van der Waals surface area contributed by atoms with Crippen LogP contribution in [0.4, 0.5) is 4.39 Å². The van der Waals surface area contributed by atoms with Crippen LogP contribution in [0.2, 0.25) is 0 Å². The Morgan fingerprint density at radius 1 is 1.15 bits per heavy atom. The minimum Gasteiger partial charge on any atom is -0.489 e. The fourth-order valence-electron chi connectivity index (χ4n) is 2.47. The molecule has 0 N–H and O–H groups in total. The molecule has 0 saturated heterocycles. The number of rotatable bonds is 2. The van der Waals surface area contributed by atoms with Gasteiger partial charge in [-0.15, -0.1) is 11.6 Å². The van der Waals surface area contributed by atoms with Crippen molar-refractivity contribution in [1.82, 2.24) is 0 Å². The fourth-order valence-corrected chi connectivity index (χ4v) is 2.68. The van der Waals surface area contributed by atoms with Crippen molar-refractivity contribution < 1.29 is 9.13 Å². The van der Waals surface area contributed by atoms with E-state index in [-0.39, 0.29) is 5.82 Å². The molecule has 2 aromatic rings. The zero-order valence-electron chi connectivity index (χ0n) is 11.1. The summed E-state index contributed by atoms with van der Waals surface area (Å²) in [5, 5.41) is 0. The van der Waals surface area contributed by atoms with Crippen molar-refractivity contribution in [2.45, 2.75) is 6.92 Å². The lowest BCUT2D eigenvalue weighted by Gasteiger charge is -2.24. The molecule has 1 nitrogen and oxygen atoms in total. The lowest BCUT2D eigenvalue weighted by molar-refractivity contribution is 0.346. The normalized spacial score (nSPS) is 13.9. The molecule has 0 amide bonds. The summed E-state index contributed by atoms with van der Waals surface area (Å²) in [6.07, 6.45) is 0. The van der Waals surface area contributed by atoms with Gasteiger partial charge in [0, 0.05) is 11.4 Å². The van der Waals surface area contributed by atoms with E-state index in [4.69, 9.17) is 16.3 Å². The zero-order valence-corrected chi connectivity index (χ0v) is 11.9. The van der Waals surface area contributed by atoms with Gasteiger partial charge in [-0.05, 0) is 47.9 Å². The Hall–Kier alpha value is -1.80. The summed E-state index contributed by atoms with van der Waals surface area (Å²) in [6.45, 7) is 2.52. The number of aryl methyl sites for hydroxylation is 1. The van der Waals surface area contributed by atoms with Gasteiger partial charge >= 0.3 is 0 Å². The Balaban J connectivity index is 2.21. The van der Waals surface area contributed by atoms with Gasteiger partial charge in [0.05, 0.1) is 0 Å². The molecule has 3 heteroatoms. The van der Waals surface area contributed by atoms with Crippen molar-refractivity contribution in [3.8, 4) is 5.75 Å². The van der Waals surface area contributed by atoms with Gasteiger partial charge in [-0.2, -0.15) is 0 Å². The number of alkyl halides is 1. The topological polar surface area (TPSA) is 9.23 Å². The van der Waals surface area contributed by atoms with Crippen LogP contribution in [0, 0.1) is 12.7 Å². The van der Waals surface area contributed by atoms with Gasteiger partial charge in [0.15, 0.2) is 0 Å². The maximum absolute atomic E-state index is 13.1. The second-order valence-electron chi connectivity index (χ2n) is 4.91. The summed E-state index contributed by atoms with van der Waals surface area (Å²) in [7, 11) is 0. The molecule has 0 aliphatic carbocycles. The van der Waals surface area contributed by atoms with Gasteiger partial charge in [0.2, 0.25) is 0 Å². The average Bonchev–Trinajstić information content (AvgIpc) is 2.47. The molecule has 0 unspecified atom stereocenters. The number of halogens is 2. The smallest absolute Gasteiger partial charge is 0.127 e. The van der Waals surface area contributed by atoms with Gasteiger partial charge in [-0.25, -0.2) is 4.39 Å². The lowest BCUT2D eigenvalue weighted by Crippen LogP contribution is -2.13. The molecule has 1 heterocycles. The molecular formula is C17H14ClFO. The van der Waals surface area contributed by atoms with E-state index in [0.29, 0.717) is 12.5 Å². The van der Waals surface area contributed by atoms with Gasteiger partial charge in [-0.1, -0.05) is 23.8 Å². The molecule has 0 fully saturated rings. The van der Waals surface area contributed by atoms with Crippen LogP contribution in [0.1, 0.15) is 16.7 Å². The fraction of sp³-hybridized carbons (Fsp3) is 0.176. The van der Waals surface area contributed by atoms with E-state index in [0.717, 1.165) is 33.6 Å². The molecule has 0 saturated carbocycles. The molecule has 0 aromatic heterocycles. The average molecular weight is 289 g/mol. The minimum atomic E-state index is -0.238. The SMILES string of the molecule is Cc1ccc2c(c1)C(c1ccc(F)cc1)=C(CCl)CO2. The van der Waals surface area contributed by atoms with E-state index < -0.39 is 0 Å². The summed E-state index contributed by atoms with van der Waals surface area (Å²) < 4.78 is 18.9. The van der Waals surface area contributed by atoms with E-state index in [2.05, 4.69) is 6.07 Å². The summed E-state index contributed by atoms with van der Waals surface area (Å²) in [5.41, 5.74) is 5.24. The highest BCUT2D eigenvalue weighted by Gasteiger charge is 2.21. The minimum absolute atomic E-state index is 0.238. The summed E-state index contributed by atoms with van der Waals surface area (Å²) in [5.74, 6) is 1.02. The first kappa shape index (κ1) is 13.2. The highest BCUT2D eigenvalue weighted by atomic mass is 35.5. The van der Waals surface area contributed by atoms with Crippen LogP contribution in [-0.4, -0.2) is 12.5 Å². The summed E-state index contributed by atoms with van der Waals surface area (Å²) in [6, 6.07) is 12.6. The van der Waals surface area contributed by atoms with Crippen molar-refractivity contribution in [1.29, 1.82) is 0 Å². The molecule has 20 heavy (non-hydrogen) atoms. The molecule has 1 aliphatic rings. The highest BCUT2D eigenvalue weighted by molar-refractivity contribution is 6.20. The van der Waals surface area contributed by atoms with Crippen molar-refractivity contribution >= 4 is 17.2 Å². The van der Waals surface area contributed by atoms with E-state index in [1.54, 1.807) is 12.1 Å². The third-order valence-corrected chi connectivity index (χ3v) is 3.78. The van der Waals surface area contributed by atoms with Gasteiger partial charge < -0.3 is 4.74 Å². The van der Waals surface area contributed by atoms with E-state index in [9.17, 15) is 4.39 Å². The van der Waals surface area contributed by atoms with Crippen LogP contribution in [0.25, 0.3) is 5.57 Å². The van der Waals surface area contributed by atoms with Crippen molar-refractivity contribution in [2.75, 3.05) is 12.5 Å². The highest BCUT2D eigenvalue weighted by Crippen LogP contribution is 2.38. The van der Waals surface area contributed by atoms with Gasteiger partial charge in [0.25, 0.3) is 0 Å². The van der Waals surface area contributed by atoms with Crippen molar-refractivity contribution in [3.63, 3.8) is 0 Å². The number of fused-ring (bicyclic) bond motifs is 1. The first-order chi connectivity index (χ1) is 9.69. The summed E-state index contributed by atoms with van der Waals surface area (Å²) >= 11 is 6.05. The maximum Gasteiger partial charge on any atom is 0.127 e. The van der Waals surface area contributed by atoms with Crippen LogP contribution >= 0.6 is 11.6 Å². The van der Waals surface area contributed by atoms with Crippen LogP contribution in [0.3, 0.4) is 0 Å². The number of ether oxygens (including phenoxy) is 1.